The lowest BCUT2D eigenvalue weighted by Crippen LogP contribution is -2.56. The van der Waals surface area contributed by atoms with Gasteiger partial charge in [0.2, 0.25) is 0 Å². The number of aliphatic hydroxyl groups excluding tert-OH is 1. The van der Waals surface area contributed by atoms with Gasteiger partial charge in [0.25, 0.3) is 0 Å². The smallest absolute Gasteiger partial charge is 0.137 e. The molecule has 0 bridgehead atoms. The summed E-state index contributed by atoms with van der Waals surface area (Å²) in [5.74, 6) is 0.677. The summed E-state index contributed by atoms with van der Waals surface area (Å²) in [6.07, 6.45) is 1.54. The minimum absolute atomic E-state index is 0.268. The van der Waals surface area contributed by atoms with E-state index >= 15 is 0 Å². The summed E-state index contributed by atoms with van der Waals surface area (Å²) >= 11 is 6.16. The van der Waals surface area contributed by atoms with E-state index in [0.717, 1.165) is 25.1 Å². The van der Waals surface area contributed by atoms with Gasteiger partial charge < -0.3 is 14.7 Å². The van der Waals surface area contributed by atoms with Crippen LogP contribution in [0, 0.1) is 0 Å². The van der Waals surface area contributed by atoms with E-state index in [0.29, 0.717) is 10.8 Å². The monoisotopic (exact) mass is 269 g/mol. The molecular weight excluding hydrogens is 250 g/mol. The fourth-order valence-corrected chi connectivity index (χ4v) is 2.80. The number of benzene rings is 1. The summed E-state index contributed by atoms with van der Waals surface area (Å²) in [6.45, 7) is 5.07. The Bertz CT molecular complexity index is 434. The first kappa shape index (κ1) is 13.5. The minimum Gasteiger partial charge on any atom is -0.495 e. The topological polar surface area (TPSA) is 32.7 Å². The molecule has 4 heteroatoms. The highest BCUT2D eigenvalue weighted by Crippen LogP contribution is 2.36. The maximum Gasteiger partial charge on any atom is 0.137 e. The van der Waals surface area contributed by atoms with Gasteiger partial charge in [-0.05, 0) is 44.9 Å². The van der Waals surface area contributed by atoms with E-state index in [-0.39, 0.29) is 11.6 Å². The number of methoxy groups -OCH3 is 1. The Morgan fingerprint density at radius 2 is 2.17 bits per heavy atom. The van der Waals surface area contributed by atoms with Gasteiger partial charge in [0, 0.05) is 12.2 Å². The zero-order chi connectivity index (χ0) is 13.3. The zero-order valence-electron chi connectivity index (χ0n) is 11.1. The Balaban J connectivity index is 2.33. The number of halogens is 1. The second-order valence-electron chi connectivity index (χ2n) is 5.28. The van der Waals surface area contributed by atoms with E-state index in [9.17, 15) is 5.11 Å². The molecule has 1 aromatic carbocycles. The van der Waals surface area contributed by atoms with Crippen molar-refractivity contribution in [2.24, 2.45) is 0 Å². The molecule has 0 amide bonds. The van der Waals surface area contributed by atoms with Crippen molar-refractivity contribution in [1.82, 2.24) is 0 Å². The maximum absolute atomic E-state index is 10.1. The van der Waals surface area contributed by atoms with Crippen LogP contribution in [0.15, 0.2) is 18.2 Å². The predicted octanol–water partition coefficient (Wildman–Crippen LogP) is 3.09. The van der Waals surface area contributed by atoms with E-state index in [4.69, 9.17) is 16.3 Å². The molecule has 1 atom stereocenters. The van der Waals surface area contributed by atoms with Crippen LogP contribution in [0.5, 0.6) is 5.75 Å². The minimum atomic E-state index is -0.313. The van der Waals surface area contributed by atoms with Gasteiger partial charge in [-0.2, -0.15) is 0 Å². The van der Waals surface area contributed by atoms with Crippen LogP contribution in [-0.2, 0) is 0 Å². The maximum atomic E-state index is 10.1. The highest BCUT2D eigenvalue weighted by Gasteiger charge is 2.37. The van der Waals surface area contributed by atoms with E-state index in [1.54, 1.807) is 7.11 Å². The molecule has 0 saturated carbocycles. The molecule has 1 N–H and O–H groups in total. The van der Waals surface area contributed by atoms with Gasteiger partial charge in [0.1, 0.15) is 5.75 Å². The molecule has 1 fully saturated rings. The van der Waals surface area contributed by atoms with Crippen LogP contribution in [0.3, 0.4) is 0 Å². The standard InChI is InChI=1S/C14H20ClNO2/c1-14(2)13(17)5-4-8-16(14)10-6-7-12(18-3)11(15)9-10/h6-7,9,13,17H,4-5,8H2,1-3H3. The van der Waals surface area contributed by atoms with E-state index in [2.05, 4.69) is 18.7 Å². The molecule has 0 aromatic heterocycles. The SMILES string of the molecule is COc1ccc(N2CCCC(O)C2(C)C)cc1Cl. The number of rotatable bonds is 2. The normalized spacial score (nSPS) is 22.9. The molecule has 1 heterocycles. The van der Waals surface area contributed by atoms with Gasteiger partial charge in [-0.1, -0.05) is 11.6 Å². The van der Waals surface area contributed by atoms with Crippen LogP contribution in [0.25, 0.3) is 0 Å². The Morgan fingerprint density at radius 3 is 2.78 bits per heavy atom. The van der Waals surface area contributed by atoms with Gasteiger partial charge >= 0.3 is 0 Å². The third-order valence-corrected chi connectivity index (χ3v) is 4.11. The largest absolute Gasteiger partial charge is 0.495 e. The highest BCUT2D eigenvalue weighted by molar-refractivity contribution is 6.32. The summed E-state index contributed by atoms with van der Waals surface area (Å²) in [6, 6.07) is 5.76. The molecule has 0 radical (unpaired) electrons. The molecule has 18 heavy (non-hydrogen) atoms. The van der Waals surface area contributed by atoms with Crippen LogP contribution in [0.4, 0.5) is 5.69 Å². The van der Waals surface area contributed by atoms with Crippen LogP contribution < -0.4 is 9.64 Å². The molecule has 1 unspecified atom stereocenters. The fourth-order valence-electron chi connectivity index (χ4n) is 2.55. The van der Waals surface area contributed by atoms with Crippen LogP contribution in [0.1, 0.15) is 26.7 Å². The first-order valence-corrected chi connectivity index (χ1v) is 6.64. The quantitative estimate of drug-likeness (QED) is 0.896. The van der Waals surface area contributed by atoms with Crippen molar-refractivity contribution >= 4 is 17.3 Å². The van der Waals surface area contributed by atoms with Crippen molar-refractivity contribution < 1.29 is 9.84 Å². The van der Waals surface area contributed by atoms with Crippen molar-refractivity contribution in [1.29, 1.82) is 0 Å². The van der Waals surface area contributed by atoms with Crippen LogP contribution >= 0.6 is 11.6 Å². The Morgan fingerprint density at radius 1 is 1.44 bits per heavy atom. The van der Waals surface area contributed by atoms with Gasteiger partial charge in [-0.15, -0.1) is 0 Å². The lowest BCUT2D eigenvalue weighted by molar-refractivity contribution is 0.0711. The third kappa shape index (κ3) is 2.29. The van der Waals surface area contributed by atoms with Crippen molar-refractivity contribution in [2.45, 2.75) is 38.3 Å². The summed E-state index contributed by atoms with van der Waals surface area (Å²) in [7, 11) is 1.61. The lowest BCUT2D eigenvalue weighted by atomic mass is 9.87. The molecule has 0 spiro atoms. The summed E-state index contributed by atoms with van der Waals surface area (Å²) in [5, 5.41) is 10.7. The molecule has 1 aliphatic heterocycles. The number of aliphatic hydroxyl groups is 1. The van der Waals surface area contributed by atoms with Crippen molar-refractivity contribution in [2.75, 3.05) is 18.6 Å². The molecule has 1 aromatic rings. The number of piperidine rings is 1. The van der Waals surface area contributed by atoms with Crippen LogP contribution in [-0.4, -0.2) is 30.4 Å². The predicted molar refractivity (Wildman–Crippen MR) is 74.7 cm³/mol. The average molecular weight is 270 g/mol. The van der Waals surface area contributed by atoms with Crippen molar-refractivity contribution in [3.05, 3.63) is 23.2 Å². The van der Waals surface area contributed by atoms with Crippen LogP contribution in [0.2, 0.25) is 5.02 Å². The number of hydrogen-bond acceptors (Lipinski definition) is 3. The first-order valence-electron chi connectivity index (χ1n) is 6.26. The van der Waals surface area contributed by atoms with Crippen molar-refractivity contribution in [3.8, 4) is 5.75 Å². The first-order chi connectivity index (χ1) is 8.46. The van der Waals surface area contributed by atoms with Gasteiger partial charge in [0.05, 0.1) is 23.8 Å². The zero-order valence-corrected chi connectivity index (χ0v) is 11.9. The molecule has 100 valence electrons. The summed E-state index contributed by atoms with van der Waals surface area (Å²) < 4.78 is 5.16. The fraction of sp³-hybridized carbons (Fsp3) is 0.571. The molecule has 0 aliphatic carbocycles. The number of anilines is 1. The van der Waals surface area contributed by atoms with E-state index < -0.39 is 0 Å². The molecular formula is C14H20ClNO2. The molecule has 2 rings (SSSR count). The summed E-state index contributed by atoms with van der Waals surface area (Å²) in [5.41, 5.74) is 0.764. The number of hydrogen-bond donors (Lipinski definition) is 1. The third-order valence-electron chi connectivity index (χ3n) is 3.82. The Hall–Kier alpha value is -0.930. The Kier molecular flexibility index (Phi) is 3.74. The average Bonchev–Trinajstić information content (AvgIpc) is 2.32. The van der Waals surface area contributed by atoms with Gasteiger partial charge in [-0.25, -0.2) is 0 Å². The van der Waals surface area contributed by atoms with Gasteiger partial charge in [-0.3, -0.25) is 0 Å². The second kappa shape index (κ2) is 4.98. The Labute approximate surface area is 113 Å². The van der Waals surface area contributed by atoms with Gasteiger partial charge in [0.15, 0.2) is 0 Å². The van der Waals surface area contributed by atoms with E-state index in [1.807, 2.05) is 18.2 Å². The second-order valence-corrected chi connectivity index (χ2v) is 5.69. The summed E-state index contributed by atoms with van der Waals surface area (Å²) in [4.78, 5) is 2.21. The van der Waals surface area contributed by atoms with Crippen molar-refractivity contribution in [3.63, 3.8) is 0 Å². The number of ether oxygens (including phenoxy) is 1. The number of nitrogens with zero attached hydrogens (tertiary/aromatic N) is 1. The highest BCUT2D eigenvalue weighted by atomic mass is 35.5. The molecule has 1 aliphatic rings. The molecule has 3 nitrogen and oxygen atoms in total. The molecule has 1 saturated heterocycles. The lowest BCUT2D eigenvalue weighted by Gasteiger charge is -2.47. The van der Waals surface area contributed by atoms with E-state index in [1.165, 1.54) is 0 Å².